The van der Waals surface area contributed by atoms with E-state index >= 15 is 0 Å². The van der Waals surface area contributed by atoms with E-state index in [2.05, 4.69) is 4.74 Å². The van der Waals surface area contributed by atoms with E-state index in [4.69, 9.17) is 9.84 Å². The number of aliphatic hydroxyl groups is 2. The Morgan fingerprint density at radius 3 is 2.00 bits per heavy atom. The minimum atomic E-state index is -1.16. The molecule has 5 heteroatoms. The van der Waals surface area contributed by atoms with Crippen LogP contribution in [0.15, 0.2) is 0 Å². The summed E-state index contributed by atoms with van der Waals surface area (Å²) >= 11 is 0. The third-order valence-electron chi connectivity index (χ3n) is 1.83. The van der Waals surface area contributed by atoms with Gasteiger partial charge in [0.2, 0.25) is 0 Å². The standard InChI is InChI=1S/C8H16O5/c1-5(10)8(13-3)7(11)6(4-9)12-2/h4-8,10-11H,1-3H3/t5-,6-,7-,8-/m1/s1. The van der Waals surface area contributed by atoms with Crippen LogP contribution >= 0.6 is 0 Å². The fourth-order valence-corrected chi connectivity index (χ4v) is 1.08. The first-order valence-electron chi connectivity index (χ1n) is 3.95. The van der Waals surface area contributed by atoms with Gasteiger partial charge in [-0.05, 0) is 6.92 Å². The van der Waals surface area contributed by atoms with Crippen molar-refractivity contribution in [3.05, 3.63) is 0 Å². The number of ether oxygens (including phenoxy) is 2. The normalized spacial score (nSPS) is 20.4. The van der Waals surface area contributed by atoms with E-state index < -0.39 is 24.4 Å². The highest BCUT2D eigenvalue weighted by atomic mass is 16.5. The minimum Gasteiger partial charge on any atom is -0.391 e. The van der Waals surface area contributed by atoms with Crippen LogP contribution in [0, 0.1) is 0 Å². The largest absolute Gasteiger partial charge is 0.391 e. The van der Waals surface area contributed by atoms with Crippen LogP contribution in [0.3, 0.4) is 0 Å². The Morgan fingerprint density at radius 1 is 1.23 bits per heavy atom. The van der Waals surface area contributed by atoms with Crippen LogP contribution in [-0.4, -0.2) is 55.1 Å². The Balaban J connectivity index is 4.33. The lowest BCUT2D eigenvalue weighted by molar-refractivity contribution is -0.141. The summed E-state index contributed by atoms with van der Waals surface area (Å²) in [6, 6.07) is 0. The van der Waals surface area contributed by atoms with Crippen molar-refractivity contribution in [1.82, 2.24) is 0 Å². The van der Waals surface area contributed by atoms with Crippen LogP contribution < -0.4 is 0 Å². The Labute approximate surface area is 77.3 Å². The van der Waals surface area contributed by atoms with Crippen LogP contribution in [0.25, 0.3) is 0 Å². The summed E-state index contributed by atoms with van der Waals surface area (Å²) in [6.45, 7) is 1.47. The maximum atomic E-state index is 10.4. The lowest BCUT2D eigenvalue weighted by atomic mass is 10.0. The SMILES string of the molecule is CO[C@@H]([C@H](O)[C@@H](C=O)OC)[C@@H](C)O. The van der Waals surface area contributed by atoms with Gasteiger partial charge in [-0.1, -0.05) is 0 Å². The maximum absolute atomic E-state index is 10.4. The third-order valence-corrected chi connectivity index (χ3v) is 1.83. The molecule has 0 aliphatic carbocycles. The summed E-state index contributed by atoms with van der Waals surface area (Å²) in [5.41, 5.74) is 0. The molecule has 0 spiro atoms. The zero-order valence-electron chi connectivity index (χ0n) is 8.01. The third kappa shape index (κ3) is 3.40. The van der Waals surface area contributed by atoms with Gasteiger partial charge in [-0.25, -0.2) is 0 Å². The van der Waals surface area contributed by atoms with Crippen LogP contribution in [0.1, 0.15) is 6.92 Å². The number of carbonyl (C=O) groups is 1. The van der Waals surface area contributed by atoms with E-state index in [0.717, 1.165) is 0 Å². The molecule has 0 radical (unpaired) electrons. The first-order valence-corrected chi connectivity index (χ1v) is 3.95. The molecule has 0 saturated carbocycles. The Bertz CT molecular complexity index is 147. The summed E-state index contributed by atoms with van der Waals surface area (Å²) in [4.78, 5) is 10.4. The number of carbonyl (C=O) groups excluding carboxylic acids is 1. The molecule has 0 amide bonds. The van der Waals surface area contributed by atoms with E-state index in [0.29, 0.717) is 6.29 Å². The molecule has 0 aliphatic heterocycles. The van der Waals surface area contributed by atoms with Crippen LogP contribution in [0.5, 0.6) is 0 Å². The predicted octanol–water partition coefficient (Wildman–Crippen LogP) is -1.04. The molecule has 0 aromatic heterocycles. The molecule has 0 aromatic rings. The van der Waals surface area contributed by atoms with Crippen molar-refractivity contribution in [1.29, 1.82) is 0 Å². The zero-order valence-corrected chi connectivity index (χ0v) is 8.01. The first-order chi connectivity index (χ1) is 6.08. The highest BCUT2D eigenvalue weighted by molar-refractivity contribution is 5.57. The van der Waals surface area contributed by atoms with Crippen molar-refractivity contribution in [3.8, 4) is 0 Å². The molecule has 2 N–H and O–H groups in total. The number of aliphatic hydroxyl groups excluding tert-OH is 2. The van der Waals surface area contributed by atoms with Crippen LogP contribution in [-0.2, 0) is 14.3 Å². The van der Waals surface area contributed by atoms with Crippen LogP contribution in [0.4, 0.5) is 0 Å². The lowest BCUT2D eigenvalue weighted by Crippen LogP contribution is -2.46. The number of aldehydes is 1. The molecule has 5 nitrogen and oxygen atoms in total. The lowest BCUT2D eigenvalue weighted by Gasteiger charge is -2.26. The average Bonchev–Trinajstić information content (AvgIpc) is 2.07. The quantitative estimate of drug-likeness (QED) is 0.525. The molecule has 0 aliphatic rings. The average molecular weight is 192 g/mol. The topological polar surface area (TPSA) is 76.0 Å². The summed E-state index contributed by atoms with van der Waals surface area (Å²) in [7, 11) is 2.65. The van der Waals surface area contributed by atoms with Gasteiger partial charge in [0.25, 0.3) is 0 Å². The van der Waals surface area contributed by atoms with Crippen LogP contribution in [0.2, 0.25) is 0 Å². The van der Waals surface area contributed by atoms with E-state index in [1.165, 1.54) is 21.1 Å². The van der Waals surface area contributed by atoms with Crippen molar-refractivity contribution in [3.63, 3.8) is 0 Å². The van der Waals surface area contributed by atoms with Crippen molar-refractivity contribution in [2.24, 2.45) is 0 Å². The second-order valence-electron chi connectivity index (χ2n) is 2.77. The van der Waals surface area contributed by atoms with Crippen molar-refractivity contribution in [2.45, 2.75) is 31.3 Å². The monoisotopic (exact) mass is 192 g/mol. The first kappa shape index (κ1) is 12.5. The molecule has 4 atom stereocenters. The molecular formula is C8H16O5. The summed E-state index contributed by atoms with van der Waals surface area (Å²) < 4.78 is 9.50. The van der Waals surface area contributed by atoms with E-state index in [9.17, 15) is 9.90 Å². The van der Waals surface area contributed by atoms with Gasteiger partial charge < -0.3 is 24.5 Å². The van der Waals surface area contributed by atoms with Gasteiger partial charge in [-0.15, -0.1) is 0 Å². The number of hydrogen-bond acceptors (Lipinski definition) is 5. The fraction of sp³-hybridized carbons (Fsp3) is 0.875. The molecule has 0 rings (SSSR count). The Kier molecular flexibility index (Phi) is 5.81. The second kappa shape index (κ2) is 6.04. The molecule has 0 aromatic carbocycles. The van der Waals surface area contributed by atoms with E-state index in [1.807, 2.05) is 0 Å². The molecule has 0 unspecified atom stereocenters. The minimum absolute atomic E-state index is 0.471. The highest BCUT2D eigenvalue weighted by Gasteiger charge is 2.30. The van der Waals surface area contributed by atoms with E-state index in [-0.39, 0.29) is 0 Å². The molecule has 78 valence electrons. The molecule has 0 saturated heterocycles. The van der Waals surface area contributed by atoms with Gasteiger partial charge >= 0.3 is 0 Å². The van der Waals surface area contributed by atoms with Gasteiger partial charge in [0.05, 0.1) is 6.10 Å². The van der Waals surface area contributed by atoms with Gasteiger partial charge in [0, 0.05) is 14.2 Å². The zero-order chi connectivity index (χ0) is 10.4. The highest BCUT2D eigenvalue weighted by Crippen LogP contribution is 2.09. The predicted molar refractivity (Wildman–Crippen MR) is 45.3 cm³/mol. The number of rotatable bonds is 6. The molecule has 0 fully saturated rings. The smallest absolute Gasteiger partial charge is 0.151 e. The van der Waals surface area contributed by atoms with Crippen molar-refractivity contribution >= 4 is 6.29 Å². The van der Waals surface area contributed by atoms with Gasteiger partial charge in [0.1, 0.15) is 18.3 Å². The molecule has 13 heavy (non-hydrogen) atoms. The molecule has 0 heterocycles. The molecule has 0 bridgehead atoms. The summed E-state index contributed by atoms with van der Waals surface area (Å²) in [5, 5.41) is 18.7. The summed E-state index contributed by atoms with van der Waals surface area (Å²) in [6.07, 6.45) is -3.35. The maximum Gasteiger partial charge on any atom is 0.151 e. The van der Waals surface area contributed by atoms with Gasteiger partial charge in [-0.3, -0.25) is 0 Å². The van der Waals surface area contributed by atoms with Crippen molar-refractivity contribution in [2.75, 3.05) is 14.2 Å². The summed E-state index contributed by atoms with van der Waals surface area (Å²) in [5.74, 6) is 0. The number of methoxy groups -OCH3 is 2. The Hall–Kier alpha value is -0.490. The number of hydrogen-bond donors (Lipinski definition) is 2. The van der Waals surface area contributed by atoms with Gasteiger partial charge in [-0.2, -0.15) is 0 Å². The van der Waals surface area contributed by atoms with E-state index in [1.54, 1.807) is 0 Å². The fourth-order valence-electron chi connectivity index (χ4n) is 1.08. The molecular weight excluding hydrogens is 176 g/mol. The second-order valence-corrected chi connectivity index (χ2v) is 2.77. The van der Waals surface area contributed by atoms with Gasteiger partial charge in [0.15, 0.2) is 6.29 Å². The Morgan fingerprint density at radius 2 is 1.77 bits per heavy atom. The van der Waals surface area contributed by atoms with Crippen molar-refractivity contribution < 1.29 is 24.5 Å².